The minimum absolute atomic E-state index is 0.0744. The van der Waals surface area contributed by atoms with Gasteiger partial charge < -0.3 is 9.26 Å². The predicted octanol–water partition coefficient (Wildman–Crippen LogP) is 5.64. The summed E-state index contributed by atoms with van der Waals surface area (Å²) in [6.07, 6.45) is 0. The lowest BCUT2D eigenvalue weighted by atomic mass is 10.2. The second kappa shape index (κ2) is 9.01. The first kappa shape index (κ1) is 20.6. The van der Waals surface area contributed by atoms with E-state index in [1.165, 1.54) is 11.8 Å². The van der Waals surface area contributed by atoms with Crippen LogP contribution in [0.25, 0.3) is 17.1 Å². The quantitative estimate of drug-likeness (QED) is 0.313. The van der Waals surface area contributed by atoms with Crippen molar-refractivity contribution in [3.8, 4) is 22.8 Å². The standard InChI is InChI=1S/C21H20BrN5O2S/c1-4-28-18-11-9-17(10-12-18)27-19(15-5-7-16(22)8-6-15)24-25-21(27)30-13(2)20-23-14(3)26-29-20/h5-13H,4H2,1-3H3/t13-/m1/s1. The average molecular weight is 486 g/mol. The monoisotopic (exact) mass is 485 g/mol. The summed E-state index contributed by atoms with van der Waals surface area (Å²) in [7, 11) is 0. The summed E-state index contributed by atoms with van der Waals surface area (Å²) in [6, 6.07) is 15.9. The summed E-state index contributed by atoms with van der Waals surface area (Å²) in [4.78, 5) is 4.34. The Labute approximate surface area is 187 Å². The highest BCUT2D eigenvalue weighted by molar-refractivity contribution is 9.10. The van der Waals surface area contributed by atoms with Crippen molar-refractivity contribution in [2.45, 2.75) is 31.2 Å². The Morgan fingerprint density at radius 3 is 2.47 bits per heavy atom. The van der Waals surface area contributed by atoms with Crippen LogP contribution in [0.1, 0.15) is 30.8 Å². The number of halogens is 1. The Morgan fingerprint density at radius 1 is 1.10 bits per heavy atom. The molecule has 30 heavy (non-hydrogen) atoms. The van der Waals surface area contributed by atoms with Crippen molar-refractivity contribution in [1.82, 2.24) is 24.9 Å². The Kier molecular flexibility index (Phi) is 6.19. The molecule has 0 amide bonds. The zero-order valence-electron chi connectivity index (χ0n) is 16.7. The fourth-order valence-electron chi connectivity index (χ4n) is 2.91. The van der Waals surface area contributed by atoms with Gasteiger partial charge in [0.2, 0.25) is 5.89 Å². The molecule has 2 heterocycles. The Bertz CT molecular complexity index is 1130. The Hall–Kier alpha value is -2.65. The van der Waals surface area contributed by atoms with Crippen LogP contribution in [0.3, 0.4) is 0 Å². The van der Waals surface area contributed by atoms with E-state index < -0.39 is 0 Å². The lowest BCUT2D eigenvalue weighted by Crippen LogP contribution is -2.01. The molecule has 2 aromatic carbocycles. The van der Waals surface area contributed by atoms with E-state index in [0.717, 1.165) is 32.5 Å². The second-order valence-electron chi connectivity index (χ2n) is 6.52. The number of nitrogens with zero attached hydrogens (tertiary/aromatic N) is 5. The van der Waals surface area contributed by atoms with Crippen LogP contribution in [0.4, 0.5) is 0 Å². The van der Waals surface area contributed by atoms with Crippen molar-refractivity contribution in [2.24, 2.45) is 0 Å². The van der Waals surface area contributed by atoms with Crippen molar-refractivity contribution in [3.63, 3.8) is 0 Å². The van der Waals surface area contributed by atoms with Gasteiger partial charge >= 0.3 is 0 Å². The molecule has 0 unspecified atom stereocenters. The van der Waals surface area contributed by atoms with Gasteiger partial charge in [-0.25, -0.2) is 0 Å². The van der Waals surface area contributed by atoms with Gasteiger partial charge in [-0.05, 0) is 57.2 Å². The van der Waals surface area contributed by atoms with Crippen LogP contribution in [0.5, 0.6) is 5.75 Å². The van der Waals surface area contributed by atoms with Crippen molar-refractivity contribution < 1.29 is 9.26 Å². The molecule has 0 saturated heterocycles. The molecule has 0 aliphatic heterocycles. The van der Waals surface area contributed by atoms with E-state index in [2.05, 4.69) is 36.3 Å². The molecule has 7 nitrogen and oxygen atoms in total. The first-order valence-corrected chi connectivity index (χ1v) is 11.1. The smallest absolute Gasteiger partial charge is 0.239 e. The SMILES string of the molecule is CCOc1ccc(-n2c(S[C@H](C)c3nc(C)no3)nnc2-c2ccc(Br)cc2)cc1. The summed E-state index contributed by atoms with van der Waals surface area (Å²) in [6.45, 7) is 6.40. The van der Waals surface area contributed by atoms with E-state index in [0.29, 0.717) is 18.3 Å². The fraction of sp³-hybridized carbons (Fsp3) is 0.238. The topological polar surface area (TPSA) is 78.9 Å². The molecule has 0 aliphatic rings. The number of aromatic nitrogens is 5. The highest BCUT2D eigenvalue weighted by Gasteiger charge is 2.22. The van der Waals surface area contributed by atoms with Crippen molar-refractivity contribution >= 4 is 27.7 Å². The van der Waals surface area contributed by atoms with Crippen LogP contribution in [0.15, 0.2) is 62.7 Å². The third kappa shape index (κ3) is 4.41. The van der Waals surface area contributed by atoms with Crippen LogP contribution in [-0.4, -0.2) is 31.5 Å². The molecular formula is C21H20BrN5O2S. The van der Waals surface area contributed by atoms with Crippen LogP contribution in [0.2, 0.25) is 0 Å². The van der Waals surface area contributed by atoms with Crippen molar-refractivity contribution in [3.05, 3.63) is 64.7 Å². The second-order valence-corrected chi connectivity index (χ2v) is 8.74. The van der Waals surface area contributed by atoms with Gasteiger partial charge in [0.1, 0.15) is 5.75 Å². The van der Waals surface area contributed by atoms with E-state index >= 15 is 0 Å². The molecule has 0 aliphatic carbocycles. The number of rotatable bonds is 7. The normalized spacial score (nSPS) is 12.1. The van der Waals surface area contributed by atoms with E-state index in [1.54, 1.807) is 6.92 Å². The maximum Gasteiger partial charge on any atom is 0.239 e. The summed E-state index contributed by atoms with van der Waals surface area (Å²) in [5.74, 6) is 2.75. The molecule has 0 radical (unpaired) electrons. The van der Waals surface area contributed by atoms with E-state index in [-0.39, 0.29) is 5.25 Å². The minimum atomic E-state index is -0.0744. The summed E-state index contributed by atoms with van der Waals surface area (Å²) in [5.41, 5.74) is 1.91. The van der Waals surface area contributed by atoms with E-state index in [9.17, 15) is 0 Å². The maximum absolute atomic E-state index is 5.58. The van der Waals surface area contributed by atoms with Gasteiger partial charge in [0.25, 0.3) is 0 Å². The fourth-order valence-corrected chi connectivity index (χ4v) is 4.07. The molecule has 1 atom stereocenters. The van der Waals surface area contributed by atoms with E-state index in [1.807, 2.05) is 66.9 Å². The van der Waals surface area contributed by atoms with Crippen molar-refractivity contribution in [1.29, 1.82) is 0 Å². The predicted molar refractivity (Wildman–Crippen MR) is 119 cm³/mol. The maximum atomic E-state index is 5.58. The molecule has 2 aromatic heterocycles. The molecular weight excluding hydrogens is 466 g/mol. The van der Waals surface area contributed by atoms with Gasteiger partial charge in [0, 0.05) is 15.7 Å². The lowest BCUT2D eigenvalue weighted by molar-refractivity contribution is 0.340. The van der Waals surface area contributed by atoms with Gasteiger partial charge in [-0.1, -0.05) is 45.0 Å². The molecule has 0 saturated carbocycles. The number of thioether (sulfide) groups is 1. The highest BCUT2D eigenvalue weighted by atomic mass is 79.9. The summed E-state index contributed by atoms with van der Waals surface area (Å²) >= 11 is 5.00. The Balaban J connectivity index is 1.75. The highest BCUT2D eigenvalue weighted by Crippen LogP contribution is 2.36. The van der Waals surface area contributed by atoms with Crippen molar-refractivity contribution in [2.75, 3.05) is 6.61 Å². The average Bonchev–Trinajstić information content (AvgIpc) is 3.36. The van der Waals surface area contributed by atoms with Gasteiger partial charge in [-0.15, -0.1) is 10.2 Å². The lowest BCUT2D eigenvalue weighted by Gasteiger charge is -2.13. The van der Waals surface area contributed by atoms with Crippen LogP contribution in [0, 0.1) is 6.92 Å². The summed E-state index contributed by atoms with van der Waals surface area (Å²) < 4.78 is 14.0. The number of aryl methyl sites for hydroxylation is 1. The van der Waals surface area contributed by atoms with Crippen LogP contribution < -0.4 is 4.74 Å². The number of ether oxygens (including phenoxy) is 1. The molecule has 0 bridgehead atoms. The molecule has 0 spiro atoms. The molecule has 4 rings (SSSR count). The first-order chi connectivity index (χ1) is 14.5. The van der Waals surface area contributed by atoms with Crippen LogP contribution in [-0.2, 0) is 0 Å². The van der Waals surface area contributed by atoms with Crippen LogP contribution >= 0.6 is 27.7 Å². The summed E-state index contributed by atoms with van der Waals surface area (Å²) in [5, 5.41) is 13.5. The number of hydrogen-bond acceptors (Lipinski definition) is 7. The van der Waals surface area contributed by atoms with Gasteiger partial charge in [-0.2, -0.15) is 4.98 Å². The first-order valence-electron chi connectivity index (χ1n) is 9.46. The zero-order chi connectivity index (χ0) is 21.1. The third-order valence-corrected chi connectivity index (χ3v) is 5.87. The van der Waals surface area contributed by atoms with Gasteiger partial charge in [0.15, 0.2) is 16.8 Å². The molecule has 9 heteroatoms. The molecule has 4 aromatic rings. The molecule has 0 fully saturated rings. The molecule has 0 N–H and O–H groups in total. The van der Waals surface area contributed by atoms with Gasteiger partial charge in [0.05, 0.1) is 11.9 Å². The zero-order valence-corrected chi connectivity index (χ0v) is 19.1. The van der Waals surface area contributed by atoms with E-state index in [4.69, 9.17) is 9.26 Å². The Morgan fingerprint density at radius 2 is 1.83 bits per heavy atom. The molecule has 154 valence electrons. The minimum Gasteiger partial charge on any atom is -0.494 e. The largest absolute Gasteiger partial charge is 0.494 e. The third-order valence-electron chi connectivity index (χ3n) is 4.31. The van der Waals surface area contributed by atoms with Gasteiger partial charge in [-0.3, -0.25) is 4.57 Å². The number of benzene rings is 2. The number of hydrogen-bond donors (Lipinski definition) is 0.